The number of hydrogen-bond donors (Lipinski definition) is 1. The van der Waals surface area contributed by atoms with Crippen molar-refractivity contribution in [2.45, 2.75) is 33.2 Å². The summed E-state index contributed by atoms with van der Waals surface area (Å²) in [5.41, 5.74) is 4.98. The van der Waals surface area contributed by atoms with Gasteiger partial charge in [0.2, 0.25) is 0 Å². The van der Waals surface area contributed by atoms with E-state index in [9.17, 15) is 0 Å². The highest BCUT2D eigenvalue weighted by molar-refractivity contribution is 6.30. The van der Waals surface area contributed by atoms with E-state index in [1.54, 1.807) is 0 Å². The molecule has 0 aliphatic rings. The Balaban J connectivity index is 2.02. The third-order valence-corrected chi connectivity index (χ3v) is 3.55. The Hall–Kier alpha value is -1.47. The number of rotatable bonds is 4. The van der Waals surface area contributed by atoms with Gasteiger partial charge in [0, 0.05) is 17.3 Å². The van der Waals surface area contributed by atoms with Crippen LogP contribution in [0.2, 0.25) is 5.02 Å². The number of aryl methyl sites for hydroxylation is 1. The fourth-order valence-corrected chi connectivity index (χ4v) is 2.27. The molecular weight excluding hydrogens is 254 g/mol. The molecule has 2 rings (SSSR count). The molecule has 0 amide bonds. The molecule has 100 valence electrons. The summed E-state index contributed by atoms with van der Waals surface area (Å²) in [7, 11) is 0. The Bertz CT molecular complexity index is 544. The number of nitrogens with one attached hydrogen (secondary N) is 1. The highest BCUT2D eigenvalue weighted by Crippen LogP contribution is 2.21. The molecule has 0 bridgehead atoms. The van der Waals surface area contributed by atoms with Crippen molar-refractivity contribution in [1.82, 2.24) is 0 Å². The molecule has 0 saturated heterocycles. The van der Waals surface area contributed by atoms with Crippen LogP contribution in [0.3, 0.4) is 0 Å². The zero-order valence-corrected chi connectivity index (χ0v) is 12.5. The maximum absolute atomic E-state index is 5.95. The predicted octanol–water partition coefficient (Wildman–Crippen LogP) is 5.38. The standard InChI is InChI=1S/C17H20ClN/c1-12(2)15-6-4-14(5-7-15)11-19-17-9-8-16(18)10-13(17)3/h4-10,12,19H,11H2,1-3H3. The van der Waals surface area contributed by atoms with E-state index < -0.39 is 0 Å². The predicted molar refractivity (Wildman–Crippen MR) is 84.0 cm³/mol. The number of halogens is 1. The summed E-state index contributed by atoms with van der Waals surface area (Å²) in [4.78, 5) is 0. The molecule has 19 heavy (non-hydrogen) atoms. The van der Waals surface area contributed by atoms with Crippen LogP contribution >= 0.6 is 11.6 Å². The van der Waals surface area contributed by atoms with Gasteiger partial charge in [-0.2, -0.15) is 0 Å². The van der Waals surface area contributed by atoms with Crippen molar-refractivity contribution in [1.29, 1.82) is 0 Å². The number of hydrogen-bond acceptors (Lipinski definition) is 1. The van der Waals surface area contributed by atoms with E-state index in [2.05, 4.69) is 50.4 Å². The Kier molecular flexibility index (Phi) is 4.49. The normalized spacial score (nSPS) is 10.8. The van der Waals surface area contributed by atoms with Gasteiger partial charge in [-0.1, -0.05) is 49.7 Å². The zero-order chi connectivity index (χ0) is 13.8. The average Bonchev–Trinajstić information content (AvgIpc) is 2.38. The minimum atomic E-state index is 0.584. The molecule has 0 spiro atoms. The molecule has 2 aromatic carbocycles. The minimum absolute atomic E-state index is 0.584. The molecule has 2 aromatic rings. The lowest BCUT2D eigenvalue weighted by atomic mass is 10.0. The molecule has 0 radical (unpaired) electrons. The number of benzene rings is 2. The molecular formula is C17H20ClN. The lowest BCUT2D eigenvalue weighted by Crippen LogP contribution is -2.01. The van der Waals surface area contributed by atoms with Crippen LogP contribution in [0.5, 0.6) is 0 Å². The molecule has 0 saturated carbocycles. The van der Waals surface area contributed by atoms with Crippen molar-refractivity contribution in [3.8, 4) is 0 Å². The van der Waals surface area contributed by atoms with Crippen molar-refractivity contribution < 1.29 is 0 Å². The van der Waals surface area contributed by atoms with Crippen LogP contribution in [0.15, 0.2) is 42.5 Å². The van der Waals surface area contributed by atoms with Crippen LogP contribution < -0.4 is 5.32 Å². The smallest absolute Gasteiger partial charge is 0.0410 e. The summed E-state index contributed by atoms with van der Waals surface area (Å²) in [6.45, 7) is 7.32. The van der Waals surface area contributed by atoms with Gasteiger partial charge in [-0.05, 0) is 47.7 Å². The van der Waals surface area contributed by atoms with E-state index in [1.807, 2.05) is 18.2 Å². The van der Waals surface area contributed by atoms with Crippen LogP contribution in [-0.4, -0.2) is 0 Å². The van der Waals surface area contributed by atoms with E-state index in [-0.39, 0.29) is 0 Å². The largest absolute Gasteiger partial charge is 0.381 e. The van der Waals surface area contributed by atoms with Gasteiger partial charge in [-0.25, -0.2) is 0 Å². The zero-order valence-electron chi connectivity index (χ0n) is 11.7. The first kappa shape index (κ1) is 14.0. The molecule has 1 N–H and O–H groups in total. The van der Waals surface area contributed by atoms with E-state index in [4.69, 9.17) is 11.6 Å². The quantitative estimate of drug-likeness (QED) is 0.788. The molecule has 0 aliphatic heterocycles. The fraction of sp³-hybridized carbons (Fsp3) is 0.294. The van der Waals surface area contributed by atoms with Gasteiger partial charge < -0.3 is 5.32 Å². The van der Waals surface area contributed by atoms with E-state index in [0.717, 1.165) is 17.3 Å². The van der Waals surface area contributed by atoms with Crippen LogP contribution in [0, 0.1) is 6.92 Å². The van der Waals surface area contributed by atoms with Gasteiger partial charge in [-0.15, -0.1) is 0 Å². The monoisotopic (exact) mass is 273 g/mol. The van der Waals surface area contributed by atoms with Gasteiger partial charge in [0.05, 0.1) is 0 Å². The van der Waals surface area contributed by atoms with Crippen LogP contribution in [-0.2, 0) is 6.54 Å². The molecule has 0 heterocycles. The Morgan fingerprint density at radius 3 is 2.32 bits per heavy atom. The highest BCUT2D eigenvalue weighted by Gasteiger charge is 2.01. The second-order valence-corrected chi connectivity index (χ2v) is 5.65. The molecule has 0 fully saturated rings. The molecule has 0 atom stereocenters. The summed E-state index contributed by atoms with van der Waals surface area (Å²) in [6, 6.07) is 14.7. The van der Waals surface area contributed by atoms with E-state index >= 15 is 0 Å². The second-order valence-electron chi connectivity index (χ2n) is 5.21. The second kappa shape index (κ2) is 6.12. The average molecular weight is 274 g/mol. The maximum atomic E-state index is 5.95. The van der Waals surface area contributed by atoms with Crippen molar-refractivity contribution in [3.63, 3.8) is 0 Å². The molecule has 0 aromatic heterocycles. The van der Waals surface area contributed by atoms with Gasteiger partial charge in [0.1, 0.15) is 0 Å². The van der Waals surface area contributed by atoms with Crippen molar-refractivity contribution in [2.75, 3.05) is 5.32 Å². The van der Waals surface area contributed by atoms with Crippen LogP contribution in [0.1, 0.15) is 36.5 Å². The Labute approximate surface area is 120 Å². The van der Waals surface area contributed by atoms with E-state index in [0.29, 0.717) is 5.92 Å². The Morgan fingerprint density at radius 1 is 1.05 bits per heavy atom. The first-order valence-corrected chi connectivity index (χ1v) is 7.03. The minimum Gasteiger partial charge on any atom is -0.381 e. The Morgan fingerprint density at radius 2 is 1.74 bits per heavy atom. The van der Waals surface area contributed by atoms with Gasteiger partial charge in [-0.3, -0.25) is 0 Å². The van der Waals surface area contributed by atoms with Crippen LogP contribution in [0.25, 0.3) is 0 Å². The van der Waals surface area contributed by atoms with Gasteiger partial charge in [0.25, 0.3) is 0 Å². The molecule has 2 heteroatoms. The first-order valence-electron chi connectivity index (χ1n) is 6.65. The lowest BCUT2D eigenvalue weighted by molar-refractivity contribution is 0.865. The van der Waals surface area contributed by atoms with Gasteiger partial charge in [0.15, 0.2) is 0 Å². The lowest BCUT2D eigenvalue weighted by Gasteiger charge is -2.11. The van der Waals surface area contributed by atoms with E-state index in [1.165, 1.54) is 16.7 Å². The SMILES string of the molecule is Cc1cc(Cl)ccc1NCc1ccc(C(C)C)cc1. The first-order chi connectivity index (χ1) is 9.06. The molecule has 1 nitrogen and oxygen atoms in total. The molecule has 0 unspecified atom stereocenters. The summed E-state index contributed by atoms with van der Waals surface area (Å²) in [5, 5.41) is 4.23. The van der Waals surface area contributed by atoms with Gasteiger partial charge >= 0.3 is 0 Å². The maximum Gasteiger partial charge on any atom is 0.0410 e. The summed E-state index contributed by atoms with van der Waals surface area (Å²) < 4.78 is 0. The van der Waals surface area contributed by atoms with Crippen LogP contribution in [0.4, 0.5) is 5.69 Å². The number of anilines is 1. The third kappa shape index (κ3) is 3.74. The summed E-state index contributed by atoms with van der Waals surface area (Å²) in [5.74, 6) is 0.584. The van der Waals surface area contributed by atoms with Crippen molar-refractivity contribution in [3.05, 3.63) is 64.2 Å². The molecule has 0 aliphatic carbocycles. The topological polar surface area (TPSA) is 12.0 Å². The van der Waals surface area contributed by atoms with Crippen molar-refractivity contribution >= 4 is 17.3 Å². The highest BCUT2D eigenvalue weighted by atomic mass is 35.5. The summed E-state index contributed by atoms with van der Waals surface area (Å²) in [6.07, 6.45) is 0. The fourth-order valence-electron chi connectivity index (χ4n) is 2.04. The van der Waals surface area contributed by atoms with Crippen molar-refractivity contribution in [2.24, 2.45) is 0 Å². The third-order valence-electron chi connectivity index (χ3n) is 3.32. The summed E-state index contributed by atoms with van der Waals surface area (Å²) >= 11 is 5.95.